The molecule has 0 bridgehead atoms. The van der Waals surface area contributed by atoms with Crippen molar-refractivity contribution in [2.75, 3.05) is 52.4 Å². The van der Waals surface area contributed by atoms with Gasteiger partial charge in [-0.3, -0.25) is 14.6 Å². The molecule has 0 saturated carbocycles. The molecule has 3 aromatic rings. The van der Waals surface area contributed by atoms with Crippen LogP contribution in [-0.2, 0) is 11.3 Å². The van der Waals surface area contributed by atoms with Gasteiger partial charge in [0, 0.05) is 65.1 Å². The highest BCUT2D eigenvalue weighted by atomic mass is 16.2. The van der Waals surface area contributed by atoms with E-state index in [0.717, 1.165) is 45.8 Å². The fraction of sp³-hybridized carbons (Fsp3) is 0.312. The molecule has 0 atom stereocenters. The normalized spacial score (nSPS) is 17.4. The van der Waals surface area contributed by atoms with Gasteiger partial charge in [0.2, 0.25) is 0 Å². The molecule has 1 amide bonds. The van der Waals surface area contributed by atoms with Crippen LogP contribution in [-0.4, -0.2) is 77.9 Å². The number of nitriles is 1. The van der Waals surface area contributed by atoms with E-state index in [1.54, 1.807) is 6.20 Å². The molecule has 6 nitrogen and oxygen atoms in total. The Kier molecular flexibility index (Phi) is 8.49. The summed E-state index contributed by atoms with van der Waals surface area (Å²) in [6.45, 7) is 7.13. The number of hydrogen-bond acceptors (Lipinski definition) is 5. The third-order valence-corrected chi connectivity index (χ3v) is 7.52. The first-order valence-corrected chi connectivity index (χ1v) is 13.5. The Morgan fingerprint density at radius 1 is 0.737 bits per heavy atom. The third-order valence-electron chi connectivity index (χ3n) is 7.52. The Morgan fingerprint density at radius 3 is 1.79 bits per heavy atom. The molecule has 2 aliphatic rings. The summed E-state index contributed by atoms with van der Waals surface area (Å²) in [5.41, 5.74) is 4.05. The standard InChI is InChI=1S/C32H35N5O/c33-24-30(26-35-18-16-34(17-19-35)25-27-10-4-1-5-11-27)32(38)37-22-20-36(21-23-37)31(28-12-6-2-7-13-28)29-14-8-3-9-15-29/h1-15,26,31H,16-23,25H2/b30-26-. The summed E-state index contributed by atoms with van der Waals surface area (Å²) in [5.74, 6) is -0.158. The lowest BCUT2D eigenvalue weighted by Crippen LogP contribution is -2.50. The highest BCUT2D eigenvalue weighted by molar-refractivity contribution is 5.97. The van der Waals surface area contributed by atoms with Gasteiger partial charge in [0.05, 0.1) is 6.04 Å². The Hall–Kier alpha value is -3.92. The maximum atomic E-state index is 13.3. The van der Waals surface area contributed by atoms with Crippen molar-refractivity contribution >= 4 is 5.91 Å². The SMILES string of the molecule is N#C/C(=C/N1CCN(Cc2ccccc2)CC1)C(=O)N1CCN(C(c2ccccc2)c2ccccc2)CC1. The van der Waals surface area contributed by atoms with E-state index in [4.69, 9.17) is 0 Å². The van der Waals surface area contributed by atoms with E-state index in [-0.39, 0.29) is 17.5 Å². The maximum Gasteiger partial charge on any atom is 0.266 e. The van der Waals surface area contributed by atoms with E-state index in [1.807, 2.05) is 23.1 Å². The fourth-order valence-electron chi connectivity index (χ4n) is 5.44. The third kappa shape index (κ3) is 6.31. The minimum atomic E-state index is -0.158. The molecule has 0 radical (unpaired) electrons. The van der Waals surface area contributed by atoms with E-state index in [0.29, 0.717) is 13.1 Å². The van der Waals surface area contributed by atoms with Crippen molar-refractivity contribution in [3.05, 3.63) is 119 Å². The Morgan fingerprint density at radius 2 is 1.26 bits per heavy atom. The van der Waals surface area contributed by atoms with Crippen molar-refractivity contribution in [3.63, 3.8) is 0 Å². The summed E-state index contributed by atoms with van der Waals surface area (Å²) < 4.78 is 0. The van der Waals surface area contributed by atoms with Gasteiger partial charge < -0.3 is 9.80 Å². The van der Waals surface area contributed by atoms with Crippen molar-refractivity contribution in [2.45, 2.75) is 12.6 Å². The van der Waals surface area contributed by atoms with E-state index >= 15 is 0 Å². The van der Waals surface area contributed by atoms with Gasteiger partial charge in [-0.25, -0.2) is 0 Å². The van der Waals surface area contributed by atoms with E-state index in [2.05, 4.69) is 93.6 Å². The van der Waals surface area contributed by atoms with Crippen LogP contribution in [0.15, 0.2) is 103 Å². The van der Waals surface area contributed by atoms with Crippen LogP contribution in [0, 0.1) is 11.3 Å². The van der Waals surface area contributed by atoms with Crippen LogP contribution < -0.4 is 0 Å². The van der Waals surface area contributed by atoms with Gasteiger partial charge in [-0.2, -0.15) is 5.26 Å². The first kappa shape index (κ1) is 25.7. The molecule has 2 heterocycles. The average molecular weight is 506 g/mol. The fourth-order valence-corrected chi connectivity index (χ4v) is 5.44. The maximum absolute atomic E-state index is 13.3. The van der Waals surface area contributed by atoms with Crippen molar-refractivity contribution in [1.29, 1.82) is 5.26 Å². The van der Waals surface area contributed by atoms with Crippen molar-refractivity contribution in [2.24, 2.45) is 0 Å². The molecule has 38 heavy (non-hydrogen) atoms. The molecule has 2 fully saturated rings. The Labute approximate surface area is 226 Å². The number of hydrogen-bond donors (Lipinski definition) is 0. The largest absolute Gasteiger partial charge is 0.374 e. The molecule has 3 aromatic carbocycles. The first-order valence-electron chi connectivity index (χ1n) is 13.5. The minimum absolute atomic E-state index is 0.146. The summed E-state index contributed by atoms with van der Waals surface area (Å²) >= 11 is 0. The number of carbonyl (C=O) groups is 1. The van der Waals surface area contributed by atoms with Gasteiger partial charge in [0.15, 0.2) is 0 Å². The molecular formula is C32H35N5O. The van der Waals surface area contributed by atoms with Crippen LogP contribution in [0.4, 0.5) is 0 Å². The highest BCUT2D eigenvalue weighted by Gasteiger charge is 2.29. The molecule has 6 heteroatoms. The topological polar surface area (TPSA) is 53.8 Å². The van der Waals surface area contributed by atoms with Crippen LogP contribution in [0.1, 0.15) is 22.7 Å². The van der Waals surface area contributed by atoms with Crippen molar-refractivity contribution in [1.82, 2.24) is 19.6 Å². The summed E-state index contributed by atoms with van der Waals surface area (Å²) in [4.78, 5) is 22.1. The molecule has 194 valence electrons. The lowest BCUT2D eigenvalue weighted by atomic mass is 9.96. The molecule has 2 saturated heterocycles. The Balaban J connectivity index is 1.18. The predicted octanol–water partition coefficient (Wildman–Crippen LogP) is 4.15. The number of carbonyl (C=O) groups excluding carboxylic acids is 1. The predicted molar refractivity (Wildman–Crippen MR) is 150 cm³/mol. The highest BCUT2D eigenvalue weighted by Crippen LogP contribution is 2.29. The summed E-state index contributed by atoms with van der Waals surface area (Å²) in [5, 5.41) is 9.83. The first-order chi connectivity index (χ1) is 18.7. The van der Waals surface area contributed by atoms with E-state index in [9.17, 15) is 10.1 Å². The Bertz CT molecular complexity index is 1200. The van der Waals surface area contributed by atoms with Crippen LogP contribution >= 0.6 is 0 Å². The molecule has 0 N–H and O–H groups in total. The summed E-state index contributed by atoms with van der Waals surface area (Å²) in [6.07, 6.45) is 1.78. The number of nitrogens with zero attached hydrogens (tertiary/aromatic N) is 5. The molecule has 0 unspecified atom stereocenters. The molecule has 0 aliphatic carbocycles. The zero-order valence-corrected chi connectivity index (χ0v) is 21.8. The monoisotopic (exact) mass is 505 g/mol. The van der Waals surface area contributed by atoms with Gasteiger partial charge >= 0.3 is 0 Å². The zero-order valence-electron chi connectivity index (χ0n) is 21.8. The van der Waals surface area contributed by atoms with Gasteiger partial charge in [-0.15, -0.1) is 0 Å². The smallest absolute Gasteiger partial charge is 0.266 e. The molecular weight excluding hydrogens is 470 g/mol. The summed E-state index contributed by atoms with van der Waals surface area (Å²) in [6, 6.07) is 33.9. The number of rotatable bonds is 7. The second-order valence-electron chi connectivity index (χ2n) is 10.0. The number of piperazine rings is 2. The lowest BCUT2D eigenvalue weighted by molar-refractivity contribution is -0.128. The van der Waals surface area contributed by atoms with Crippen LogP contribution in [0.2, 0.25) is 0 Å². The number of amides is 1. The van der Waals surface area contributed by atoms with Gasteiger partial charge in [-0.1, -0.05) is 91.0 Å². The van der Waals surface area contributed by atoms with Gasteiger partial charge in [0.25, 0.3) is 5.91 Å². The van der Waals surface area contributed by atoms with Crippen LogP contribution in [0.25, 0.3) is 0 Å². The molecule has 0 aromatic heterocycles. The second-order valence-corrected chi connectivity index (χ2v) is 10.0. The number of benzene rings is 3. The van der Waals surface area contributed by atoms with Crippen molar-refractivity contribution < 1.29 is 4.79 Å². The zero-order chi connectivity index (χ0) is 26.2. The second kappa shape index (κ2) is 12.6. The van der Waals surface area contributed by atoms with Gasteiger partial charge in [-0.05, 0) is 16.7 Å². The van der Waals surface area contributed by atoms with Crippen LogP contribution in [0.3, 0.4) is 0 Å². The quantitative estimate of drug-likeness (QED) is 0.357. The minimum Gasteiger partial charge on any atom is -0.374 e. The van der Waals surface area contributed by atoms with Gasteiger partial charge in [0.1, 0.15) is 11.6 Å². The molecule has 5 rings (SSSR count). The summed E-state index contributed by atoms with van der Waals surface area (Å²) in [7, 11) is 0. The average Bonchev–Trinajstić information content (AvgIpc) is 2.99. The van der Waals surface area contributed by atoms with E-state index < -0.39 is 0 Å². The lowest BCUT2D eigenvalue weighted by Gasteiger charge is -2.40. The van der Waals surface area contributed by atoms with Crippen molar-refractivity contribution in [3.8, 4) is 6.07 Å². The van der Waals surface area contributed by atoms with Crippen LogP contribution in [0.5, 0.6) is 0 Å². The van der Waals surface area contributed by atoms with E-state index in [1.165, 1.54) is 16.7 Å². The molecule has 2 aliphatic heterocycles. The molecule has 0 spiro atoms.